The van der Waals surface area contributed by atoms with Crippen LogP contribution < -0.4 is 5.32 Å². The van der Waals surface area contributed by atoms with Crippen LogP contribution in [0.2, 0.25) is 0 Å². The Bertz CT molecular complexity index is 266. The topological polar surface area (TPSA) is 37.8 Å². The molecule has 0 aromatic carbocycles. The van der Waals surface area contributed by atoms with Crippen LogP contribution in [-0.2, 0) is 0 Å². The second-order valence-corrected chi connectivity index (χ2v) is 4.77. The number of aromatic nitrogens is 2. The summed E-state index contributed by atoms with van der Waals surface area (Å²) in [6, 6.07) is 2.37. The lowest BCUT2D eigenvalue weighted by Gasteiger charge is -2.22. The maximum atomic E-state index is 4.22. The second kappa shape index (κ2) is 6.80. The van der Waals surface area contributed by atoms with Crippen molar-refractivity contribution in [2.45, 2.75) is 43.6 Å². The Morgan fingerprint density at radius 2 is 2.00 bits per heavy atom. The first-order valence-electron chi connectivity index (χ1n) is 5.45. The molecule has 15 heavy (non-hydrogen) atoms. The third-order valence-electron chi connectivity index (χ3n) is 2.31. The van der Waals surface area contributed by atoms with Gasteiger partial charge in [-0.2, -0.15) is 0 Å². The molecule has 1 N–H and O–H groups in total. The Hall–Kier alpha value is -0.610. The first-order valence-corrected chi connectivity index (χ1v) is 6.33. The molecule has 0 saturated carbocycles. The highest BCUT2D eigenvalue weighted by molar-refractivity contribution is 7.99. The van der Waals surface area contributed by atoms with Crippen LogP contribution in [-0.4, -0.2) is 27.8 Å². The van der Waals surface area contributed by atoms with Crippen LogP contribution in [0.25, 0.3) is 0 Å². The molecule has 2 unspecified atom stereocenters. The Labute approximate surface area is 96.1 Å². The van der Waals surface area contributed by atoms with Crippen molar-refractivity contribution in [1.82, 2.24) is 15.3 Å². The molecule has 84 valence electrons. The average molecular weight is 225 g/mol. The standard InChI is InChI=1S/C11H19N3S/c1-4-10(12-5-2)9(3)15-11-13-7-6-8-14-11/h6-10,12H,4-5H2,1-3H3. The van der Waals surface area contributed by atoms with Crippen molar-refractivity contribution in [2.75, 3.05) is 6.54 Å². The van der Waals surface area contributed by atoms with Gasteiger partial charge in [-0.1, -0.05) is 32.5 Å². The summed E-state index contributed by atoms with van der Waals surface area (Å²) >= 11 is 1.73. The van der Waals surface area contributed by atoms with E-state index in [0.717, 1.165) is 18.1 Å². The fraction of sp³-hybridized carbons (Fsp3) is 0.636. The molecule has 1 rings (SSSR count). The van der Waals surface area contributed by atoms with Gasteiger partial charge in [-0.05, 0) is 19.0 Å². The summed E-state index contributed by atoms with van der Waals surface area (Å²) in [5, 5.41) is 4.84. The van der Waals surface area contributed by atoms with E-state index in [1.807, 2.05) is 6.07 Å². The molecule has 0 aliphatic rings. The fourth-order valence-corrected chi connectivity index (χ4v) is 2.53. The number of rotatable bonds is 6. The summed E-state index contributed by atoms with van der Waals surface area (Å²) in [5.74, 6) is 0. The third-order valence-corrected chi connectivity index (χ3v) is 3.43. The molecule has 0 fully saturated rings. The highest BCUT2D eigenvalue weighted by Gasteiger charge is 2.16. The second-order valence-electron chi connectivity index (χ2n) is 3.43. The van der Waals surface area contributed by atoms with Crippen molar-refractivity contribution in [1.29, 1.82) is 0 Å². The van der Waals surface area contributed by atoms with E-state index in [9.17, 15) is 0 Å². The lowest BCUT2D eigenvalue weighted by atomic mass is 10.2. The van der Waals surface area contributed by atoms with E-state index in [1.165, 1.54) is 0 Å². The van der Waals surface area contributed by atoms with Crippen molar-refractivity contribution >= 4 is 11.8 Å². The van der Waals surface area contributed by atoms with Gasteiger partial charge >= 0.3 is 0 Å². The van der Waals surface area contributed by atoms with E-state index in [-0.39, 0.29) is 0 Å². The summed E-state index contributed by atoms with van der Waals surface area (Å²) in [5.41, 5.74) is 0. The summed E-state index contributed by atoms with van der Waals surface area (Å²) in [6.07, 6.45) is 4.71. The van der Waals surface area contributed by atoms with Gasteiger partial charge in [0.1, 0.15) is 0 Å². The molecule has 4 heteroatoms. The lowest BCUT2D eigenvalue weighted by molar-refractivity contribution is 0.508. The van der Waals surface area contributed by atoms with Crippen LogP contribution in [0.1, 0.15) is 27.2 Å². The summed E-state index contributed by atoms with van der Waals surface area (Å²) in [7, 11) is 0. The number of hydrogen-bond donors (Lipinski definition) is 1. The number of hydrogen-bond acceptors (Lipinski definition) is 4. The van der Waals surface area contributed by atoms with Gasteiger partial charge in [0.2, 0.25) is 0 Å². The maximum absolute atomic E-state index is 4.22. The summed E-state index contributed by atoms with van der Waals surface area (Å²) in [6.45, 7) is 7.58. The summed E-state index contributed by atoms with van der Waals surface area (Å²) in [4.78, 5) is 8.44. The Kier molecular flexibility index (Phi) is 5.65. The fourth-order valence-electron chi connectivity index (χ4n) is 1.50. The highest BCUT2D eigenvalue weighted by Crippen LogP contribution is 2.22. The number of nitrogens with zero attached hydrogens (tertiary/aromatic N) is 2. The van der Waals surface area contributed by atoms with Gasteiger partial charge < -0.3 is 5.32 Å². The molecule has 0 radical (unpaired) electrons. The van der Waals surface area contributed by atoms with E-state index >= 15 is 0 Å². The van der Waals surface area contributed by atoms with Gasteiger partial charge in [0.25, 0.3) is 0 Å². The SMILES string of the molecule is CCNC(CC)C(C)Sc1ncccn1. The van der Waals surface area contributed by atoms with Crippen LogP contribution in [0.4, 0.5) is 0 Å². The minimum atomic E-state index is 0.498. The van der Waals surface area contributed by atoms with Gasteiger partial charge in [-0.15, -0.1) is 0 Å². The van der Waals surface area contributed by atoms with E-state index < -0.39 is 0 Å². The van der Waals surface area contributed by atoms with Crippen LogP contribution in [0.15, 0.2) is 23.6 Å². The first-order chi connectivity index (χ1) is 7.27. The highest BCUT2D eigenvalue weighted by atomic mass is 32.2. The van der Waals surface area contributed by atoms with E-state index in [0.29, 0.717) is 11.3 Å². The Morgan fingerprint density at radius 3 is 2.53 bits per heavy atom. The minimum absolute atomic E-state index is 0.498. The molecule has 0 amide bonds. The zero-order valence-corrected chi connectivity index (χ0v) is 10.4. The molecular weight excluding hydrogens is 206 g/mol. The predicted octanol–water partition coefficient (Wildman–Crippen LogP) is 2.35. The molecule has 0 bridgehead atoms. The monoisotopic (exact) mass is 225 g/mol. The molecule has 0 saturated heterocycles. The molecule has 1 heterocycles. The van der Waals surface area contributed by atoms with Crippen molar-refractivity contribution in [3.8, 4) is 0 Å². The number of nitrogens with one attached hydrogen (secondary N) is 1. The molecule has 0 aliphatic carbocycles. The molecular formula is C11H19N3S. The van der Waals surface area contributed by atoms with Crippen molar-refractivity contribution in [3.63, 3.8) is 0 Å². The van der Waals surface area contributed by atoms with E-state index in [4.69, 9.17) is 0 Å². The average Bonchev–Trinajstić information content (AvgIpc) is 2.27. The predicted molar refractivity (Wildman–Crippen MR) is 65.1 cm³/mol. The molecule has 1 aromatic rings. The van der Waals surface area contributed by atoms with Gasteiger partial charge in [0.15, 0.2) is 5.16 Å². The van der Waals surface area contributed by atoms with Crippen molar-refractivity contribution < 1.29 is 0 Å². The Balaban J connectivity index is 2.50. The zero-order valence-electron chi connectivity index (χ0n) is 9.60. The van der Waals surface area contributed by atoms with Crippen molar-refractivity contribution in [2.24, 2.45) is 0 Å². The lowest BCUT2D eigenvalue weighted by Crippen LogP contribution is -2.36. The van der Waals surface area contributed by atoms with Crippen LogP contribution in [0, 0.1) is 0 Å². The molecule has 0 aliphatic heterocycles. The number of thioether (sulfide) groups is 1. The minimum Gasteiger partial charge on any atom is -0.313 e. The van der Waals surface area contributed by atoms with E-state index in [1.54, 1.807) is 24.2 Å². The normalized spacial score (nSPS) is 14.9. The largest absolute Gasteiger partial charge is 0.313 e. The Morgan fingerprint density at radius 1 is 1.33 bits per heavy atom. The van der Waals surface area contributed by atoms with Crippen LogP contribution in [0.5, 0.6) is 0 Å². The van der Waals surface area contributed by atoms with Crippen molar-refractivity contribution in [3.05, 3.63) is 18.5 Å². The maximum Gasteiger partial charge on any atom is 0.187 e. The third kappa shape index (κ3) is 4.18. The van der Waals surface area contributed by atoms with E-state index in [2.05, 4.69) is 36.1 Å². The van der Waals surface area contributed by atoms with Crippen LogP contribution >= 0.6 is 11.8 Å². The molecule has 3 nitrogen and oxygen atoms in total. The molecule has 1 aromatic heterocycles. The summed E-state index contributed by atoms with van der Waals surface area (Å²) < 4.78 is 0. The van der Waals surface area contributed by atoms with Crippen LogP contribution in [0.3, 0.4) is 0 Å². The first kappa shape index (κ1) is 12.5. The molecule has 0 spiro atoms. The van der Waals surface area contributed by atoms with Gasteiger partial charge in [-0.3, -0.25) is 0 Å². The van der Waals surface area contributed by atoms with Gasteiger partial charge in [-0.25, -0.2) is 9.97 Å². The van der Waals surface area contributed by atoms with Gasteiger partial charge in [0.05, 0.1) is 0 Å². The van der Waals surface area contributed by atoms with Gasteiger partial charge in [0, 0.05) is 23.7 Å². The quantitative estimate of drug-likeness (QED) is 0.596. The smallest absolute Gasteiger partial charge is 0.187 e. The molecule has 2 atom stereocenters. The zero-order chi connectivity index (χ0) is 11.1.